The molecular weight excluding hydrogens is 298 g/mol. The van der Waals surface area contributed by atoms with Crippen LogP contribution in [0, 0.1) is 20.8 Å². The Morgan fingerprint density at radius 2 is 1.54 bits per heavy atom. The minimum absolute atomic E-state index is 0.00161. The Balaban J connectivity index is 1.97. The van der Waals surface area contributed by atoms with E-state index in [4.69, 9.17) is 4.74 Å². The van der Waals surface area contributed by atoms with Crippen LogP contribution in [0.1, 0.15) is 43.0 Å². The van der Waals surface area contributed by atoms with Crippen LogP contribution in [0.25, 0.3) is 0 Å². The van der Waals surface area contributed by atoms with Crippen molar-refractivity contribution in [3.05, 3.63) is 58.7 Å². The average Bonchev–Trinajstić information content (AvgIpc) is 2.48. The summed E-state index contributed by atoms with van der Waals surface area (Å²) in [6.45, 7) is 12.6. The number of rotatable bonds is 4. The van der Waals surface area contributed by atoms with Crippen LogP contribution < -0.4 is 10.1 Å². The fourth-order valence-electron chi connectivity index (χ4n) is 2.75. The van der Waals surface area contributed by atoms with E-state index in [-0.39, 0.29) is 17.9 Å². The molecule has 0 saturated carbocycles. The maximum Gasteiger partial charge on any atom is 0.262 e. The van der Waals surface area contributed by atoms with Gasteiger partial charge in [0.2, 0.25) is 0 Å². The van der Waals surface area contributed by atoms with Gasteiger partial charge < -0.3 is 10.1 Å². The Bertz CT molecular complexity index is 701. The second-order valence-corrected chi connectivity index (χ2v) is 7.38. The molecule has 2 aromatic carbocycles. The lowest BCUT2D eigenvalue weighted by atomic mass is 9.87. The second kappa shape index (κ2) is 7.08. The maximum atomic E-state index is 12.2. The fraction of sp³-hybridized carbons (Fsp3) is 0.381. The summed E-state index contributed by atoms with van der Waals surface area (Å²) in [7, 11) is 0. The molecule has 2 rings (SSSR count). The highest BCUT2D eigenvalue weighted by atomic mass is 16.5. The van der Waals surface area contributed by atoms with Crippen LogP contribution in [0.2, 0.25) is 0 Å². The van der Waals surface area contributed by atoms with Gasteiger partial charge >= 0.3 is 0 Å². The standard InChI is InChI=1S/C21H27NO2/c1-14-11-15(2)20(16(3)12-14)22-19(23)13-24-18-9-7-17(8-10-18)21(4,5)6/h7-12H,13H2,1-6H3,(H,22,23). The summed E-state index contributed by atoms with van der Waals surface area (Å²) in [4.78, 5) is 12.2. The van der Waals surface area contributed by atoms with Crippen LogP contribution in [0.5, 0.6) is 5.75 Å². The van der Waals surface area contributed by atoms with Gasteiger partial charge in [-0.3, -0.25) is 4.79 Å². The molecule has 0 spiro atoms. The van der Waals surface area contributed by atoms with E-state index in [9.17, 15) is 4.79 Å². The van der Waals surface area contributed by atoms with Gasteiger partial charge in [-0.15, -0.1) is 0 Å². The van der Waals surface area contributed by atoms with Crippen molar-refractivity contribution < 1.29 is 9.53 Å². The molecule has 0 aliphatic rings. The predicted octanol–water partition coefficient (Wildman–Crippen LogP) is 4.93. The molecule has 1 N–H and O–H groups in total. The number of anilines is 1. The molecule has 0 unspecified atom stereocenters. The number of benzene rings is 2. The fourth-order valence-corrected chi connectivity index (χ4v) is 2.75. The van der Waals surface area contributed by atoms with E-state index >= 15 is 0 Å². The molecule has 3 nitrogen and oxygen atoms in total. The van der Waals surface area contributed by atoms with Crippen molar-refractivity contribution in [2.45, 2.75) is 47.0 Å². The van der Waals surface area contributed by atoms with Crippen molar-refractivity contribution in [1.29, 1.82) is 0 Å². The van der Waals surface area contributed by atoms with Crippen molar-refractivity contribution in [3.63, 3.8) is 0 Å². The topological polar surface area (TPSA) is 38.3 Å². The Kier molecular flexibility index (Phi) is 5.33. The largest absolute Gasteiger partial charge is 0.484 e. The zero-order chi connectivity index (χ0) is 17.9. The Morgan fingerprint density at radius 3 is 2.04 bits per heavy atom. The molecule has 0 radical (unpaired) electrons. The van der Waals surface area contributed by atoms with E-state index in [1.54, 1.807) is 0 Å². The van der Waals surface area contributed by atoms with E-state index in [0.29, 0.717) is 5.75 Å². The van der Waals surface area contributed by atoms with Gasteiger partial charge in [0.15, 0.2) is 6.61 Å². The van der Waals surface area contributed by atoms with Crippen molar-refractivity contribution in [1.82, 2.24) is 0 Å². The number of carbonyl (C=O) groups is 1. The smallest absolute Gasteiger partial charge is 0.262 e. The summed E-state index contributed by atoms with van der Waals surface area (Å²) in [5, 5.41) is 2.95. The van der Waals surface area contributed by atoms with E-state index in [1.807, 2.05) is 38.1 Å². The molecule has 0 fully saturated rings. The number of hydrogen-bond donors (Lipinski definition) is 1. The molecule has 0 bridgehead atoms. The monoisotopic (exact) mass is 325 g/mol. The molecule has 1 amide bonds. The van der Waals surface area contributed by atoms with Crippen LogP contribution in [0.3, 0.4) is 0 Å². The number of nitrogens with one attached hydrogen (secondary N) is 1. The van der Waals surface area contributed by atoms with Crippen molar-refractivity contribution >= 4 is 11.6 Å². The summed E-state index contributed by atoms with van der Waals surface area (Å²) in [6, 6.07) is 12.0. The minimum Gasteiger partial charge on any atom is -0.484 e. The lowest BCUT2D eigenvalue weighted by molar-refractivity contribution is -0.118. The Morgan fingerprint density at radius 1 is 1.00 bits per heavy atom. The Labute approximate surface area is 145 Å². The molecule has 0 saturated heterocycles. The molecule has 0 atom stereocenters. The molecule has 0 aliphatic carbocycles. The zero-order valence-electron chi connectivity index (χ0n) is 15.5. The zero-order valence-corrected chi connectivity index (χ0v) is 15.5. The quantitative estimate of drug-likeness (QED) is 0.866. The lowest BCUT2D eigenvalue weighted by Crippen LogP contribution is -2.21. The van der Waals surface area contributed by atoms with Gasteiger partial charge in [-0.25, -0.2) is 0 Å². The molecule has 3 heteroatoms. The third kappa shape index (κ3) is 4.60. The highest BCUT2D eigenvalue weighted by molar-refractivity contribution is 5.93. The van der Waals surface area contributed by atoms with Crippen LogP contribution in [-0.2, 0) is 10.2 Å². The van der Waals surface area contributed by atoms with E-state index in [1.165, 1.54) is 11.1 Å². The van der Waals surface area contributed by atoms with Crippen LogP contribution in [-0.4, -0.2) is 12.5 Å². The van der Waals surface area contributed by atoms with E-state index in [0.717, 1.165) is 16.8 Å². The van der Waals surface area contributed by atoms with Crippen molar-refractivity contribution in [3.8, 4) is 5.75 Å². The van der Waals surface area contributed by atoms with E-state index < -0.39 is 0 Å². The van der Waals surface area contributed by atoms with Gasteiger partial charge in [-0.05, 0) is 55.0 Å². The molecule has 128 valence electrons. The van der Waals surface area contributed by atoms with Crippen LogP contribution in [0.15, 0.2) is 36.4 Å². The molecular formula is C21H27NO2. The predicted molar refractivity (Wildman–Crippen MR) is 99.9 cm³/mol. The van der Waals surface area contributed by atoms with Gasteiger partial charge in [0, 0.05) is 5.69 Å². The third-order valence-electron chi connectivity index (χ3n) is 4.03. The number of hydrogen-bond acceptors (Lipinski definition) is 2. The first kappa shape index (κ1) is 18.1. The molecule has 0 aromatic heterocycles. The number of aryl methyl sites for hydroxylation is 3. The van der Waals surface area contributed by atoms with Crippen LogP contribution in [0.4, 0.5) is 5.69 Å². The highest BCUT2D eigenvalue weighted by Gasteiger charge is 2.13. The third-order valence-corrected chi connectivity index (χ3v) is 4.03. The first-order valence-corrected chi connectivity index (χ1v) is 8.28. The summed E-state index contributed by atoms with van der Waals surface area (Å²) in [5.74, 6) is 0.556. The van der Waals surface area contributed by atoms with Gasteiger partial charge in [0.25, 0.3) is 5.91 Å². The van der Waals surface area contributed by atoms with Crippen molar-refractivity contribution in [2.75, 3.05) is 11.9 Å². The maximum absolute atomic E-state index is 12.2. The Hall–Kier alpha value is -2.29. The van der Waals surface area contributed by atoms with Gasteiger partial charge in [0.1, 0.15) is 5.75 Å². The summed E-state index contributed by atoms with van der Waals surface area (Å²) >= 11 is 0. The van der Waals surface area contributed by atoms with Crippen LogP contribution >= 0.6 is 0 Å². The number of amides is 1. The number of carbonyl (C=O) groups excluding carboxylic acids is 1. The second-order valence-electron chi connectivity index (χ2n) is 7.38. The van der Waals surface area contributed by atoms with E-state index in [2.05, 4.69) is 45.1 Å². The average molecular weight is 325 g/mol. The highest BCUT2D eigenvalue weighted by Crippen LogP contribution is 2.24. The molecule has 0 heterocycles. The van der Waals surface area contributed by atoms with Gasteiger partial charge in [0.05, 0.1) is 0 Å². The summed E-state index contributed by atoms with van der Waals surface area (Å²) in [6.07, 6.45) is 0. The molecule has 24 heavy (non-hydrogen) atoms. The van der Waals surface area contributed by atoms with Crippen molar-refractivity contribution in [2.24, 2.45) is 0 Å². The first-order valence-electron chi connectivity index (χ1n) is 8.28. The summed E-state index contributed by atoms with van der Waals surface area (Å²) < 4.78 is 5.60. The molecule has 0 aliphatic heterocycles. The summed E-state index contributed by atoms with van der Waals surface area (Å²) in [5.41, 5.74) is 5.54. The molecule has 2 aromatic rings. The minimum atomic E-state index is -0.148. The first-order chi connectivity index (χ1) is 11.2. The number of ether oxygens (including phenoxy) is 1. The SMILES string of the molecule is Cc1cc(C)c(NC(=O)COc2ccc(C(C)(C)C)cc2)c(C)c1. The normalized spacial score (nSPS) is 11.2. The van der Waals surface area contributed by atoms with Gasteiger partial charge in [-0.1, -0.05) is 50.6 Å². The van der Waals surface area contributed by atoms with Gasteiger partial charge in [-0.2, -0.15) is 0 Å². The lowest BCUT2D eigenvalue weighted by Gasteiger charge is -2.19.